The van der Waals surface area contributed by atoms with E-state index in [0.717, 1.165) is 5.56 Å². The summed E-state index contributed by atoms with van der Waals surface area (Å²) in [5, 5.41) is 24.8. The molecule has 0 aliphatic rings. The predicted octanol–water partition coefficient (Wildman–Crippen LogP) is 5.57. The Bertz CT molecular complexity index is 1320. The Hall–Kier alpha value is -3.63. The van der Waals surface area contributed by atoms with Crippen LogP contribution in [-0.4, -0.2) is 19.7 Å². The molecule has 0 saturated carbocycles. The SMILES string of the molecule is Cc1[nH]n(-c2nc(-c3ccc(Cl)cc3)cs2)c(=O)c1N=Nc1ccccc1[N+](=O)[O-]. The number of H-pyrrole nitrogens is 1. The minimum atomic E-state index is -0.551. The molecule has 4 rings (SSSR count). The van der Waals surface area contributed by atoms with Crippen LogP contribution in [0.15, 0.2) is 68.9 Å². The van der Waals surface area contributed by atoms with Gasteiger partial charge in [0.15, 0.2) is 11.4 Å². The van der Waals surface area contributed by atoms with Crippen molar-refractivity contribution >= 4 is 40.0 Å². The number of benzene rings is 2. The van der Waals surface area contributed by atoms with Gasteiger partial charge in [0.25, 0.3) is 5.69 Å². The molecule has 4 aromatic rings. The molecule has 0 atom stereocenters. The molecular weight excluding hydrogens is 428 g/mol. The van der Waals surface area contributed by atoms with Gasteiger partial charge in [-0.05, 0) is 25.1 Å². The summed E-state index contributed by atoms with van der Waals surface area (Å²) in [7, 11) is 0. The van der Waals surface area contributed by atoms with Crippen LogP contribution < -0.4 is 5.56 Å². The Balaban J connectivity index is 1.68. The number of para-hydroxylation sites is 1. The molecule has 0 bridgehead atoms. The van der Waals surface area contributed by atoms with Crippen LogP contribution >= 0.6 is 22.9 Å². The van der Waals surface area contributed by atoms with Crippen LogP contribution in [0.4, 0.5) is 17.1 Å². The molecule has 0 unspecified atom stereocenters. The summed E-state index contributed by atoms with van der Waals surface area (Å²) in [6, 6.07) is 13.1. The fourth-order valence-electron chi connectivity index (χ4n) is 2.72. The lowest BCUT2D eigenvalue weighted by atomic mass is 10.2. The van der Waals surface area contributed by atoms with Crippen molar-refractivity contribution in [2.24, 2.45) is 10.2 Å². The number of nitrogens with one attached hydrogen (secondary N) is 1. The van der Waals surface area contributed by atoms with Gasteiger partial charge in [0.2, 0.25) is 5.13 Å². The second-order valence-corrected chi connectivity index (χ2v) is 7.47. The van der Waals surface area contributed by atoms with E-state index in [9.17, 15) is 14.9 Å². The van der Waals surface area contributed by atoms with Crippen LogP contribution in [-0.2, 0) is 0 Å². The van der Waals surface area contributed by atoms with Crippen LogP contribution in [0.2, 0.25) is 5.02 Å². The summed E-state index contributed by atoms with van der Waals surface area (Å²) >= 11 is 7.20. The fourth-order valence-corrected chi connectivity index (χ4v) is 3.63. The summed E-state index contributed by atoms with van der Waals surface area (Å²) in [4.78, 5) is 27.9. The lowest BCUT2D eigenvalue weighted by Gasteiger charge is -1.97. The van der Waals surface area contributed by atoms with E-state index in [2.05, 4.69) is 20.3 Å². The van der Waals surface area contributed by atoms with E-state index in [-0.39, 0.29) is 17.1 Å². The second-order valence-electron chi connectivity index (χ2n) is 6.19. The molecule has 0 saturated heterocycles. The normalized spacial score (nSPS) is 11.3. The van der Waals surface area contributed by atoms with Crippen molar-refractivity contribution in [3.63, 3.8) is 0 Å². The van der Waals surface area contributed by atoms with Crippen LogP contribution in [0.1, 0.15) is 5.69 Å². The van der Waals surface area contributed by atoms with Gasteiger partial charge in [-0.2, -0.15) is 4.68 Å². The van der Waals surface area contributed by atoms with Gasteiger partial charge in [-0.1, -0.05) is 35.9 Å². The summed E-state index contributed by atoms with van der Waals surface area (Å²) in [5.41, 5.74) is 1.51. The Morgan fingerprint density at radius 3 is 2.63 bits per heavy atom. The summed E-state index contributed by atoms with van der Waals surface area (Å²) in [6.07, 6.45) is 0. The number of rotatable bonds is 5. The van der Waals surface area contributed by atoms with E-state index < -0.39 is 10.5 Å². The monoisotopic (exact) mass is 440 g/mol. The minimum absolute atomic E-state index is 0.0522. The lowest BCUT2D eigenvalue weighted by molar-refractivity contribution is -0.384. The molecule has 0 fully saturated rings. The Kier molecular flexibility index (Phi) is 5.25. The standard InChI is InChI=1S/C19H13ClN6O3S/c1-11-17(23-22-14-4-2-3-5-16(14)26(28)29)18(27)25(24-11)19-21-15(10-30-19)12-6-8-13(20)9-7-12/h2-10,24H,1H3. The number of nitro benzene ring substituents is 1. The summed E-state index contributed by atoms with van der Waals surface area (Å²) in [6.45, 7) is 1.67. The molecule has 2 aromatic carbocycles. The van der Waals surface area contributed by atoms with Crippen LogP contribution in [0.25, 0.3) is 16.4 Å². The van der Waals surface area contributed by atoms with Gasteiger partial charge in [0.1, 0.15) is 0 Å². The van der Waals surface area contributed by atoms with Crippen molar-refractivity contribution in [3.05, 3.63) is 85.1 Å². The van der Waals surface area contributed by atoms with E-state index in [1.165, 1.54) is 34.2 Å². The number of hydrogen-bond donors (Lipinski definition) is 1. The second kappa shape index (κ2) is 8.01. The fraction of sp³-hybridized carbons (Fsp3) is 0.0526. The Morgan fingerprint density at radius 1 is 1.17 bits per heavy atom. The van der Waals surface area contributed by atoms with Gasteiger partial charge in [-0.25, -0.2) is 4.98 Å². The molecule has 0 radical (unpaired) electrons. The van der Waals surface area contributed by atoms with Crippen molar-refractivity contribution in [1.29, 1.82) is 0 Å². The highest BCUT2D eigenvalue weighted by Crippen LogP contribution is 2.29. The first-order valence-electron chi connectivity index (χ1n) is 8.62. The average Bonchev–Trinajstić information content (AvgIpc) is 3.32. The molecule has 0 amide bonds. The number of thiazole rings is 1. The first-order chi connectivity index (χ1) is 14.4. The highest BCUT2D eigenvalue weighted by Gasteiger charge is 2.17. The highest BCUT2D eigenvalue weighted by atomic mass is 35.5. The van der Waals surface area contributed by atoms with Crippen molar-refractivity contribution in [2.75, 3.05) is 0 Å². The number of aryl methyl sites for hydroxylation is 1. The third kappa shape index (κ3) is 3.78. The molecule has 30 heavy (non-hydrogen) atoms. The van der Waals surface area contributed by atoms with Gasteiger partial charge in [0.05, 0.1) is 16.3 Å². The van der Waals surface area contributed by atoms with Crippen LogP contribution in [0.5, 0.6) is 0 Å². The molecule has 0 aliphatic carbocycles. The molecule has 2 aromatic heterocycles. The quantitative estimate of drug-likeness (QED) is 0.247. The molecule has 0 spiro atoms. The van der Waals surface area contributed by atoms with E-state index in [1.54, 1.807) is 25.1 Å². The van der Waals surface area contributed by atoms with E-state index in [1.807, 2.05) is 17.5 Å². The number of aromatic amines is 1. The van der Waals surface area contributed by atoms with Crippen molar-refractivity contribution in [1.82, 2.24) is 14.8 Å². The van der Waals surface area contributed by atoms with Crippen molar-refractivity contribution in [2.45, 2.75) is 6.92 Å². The average molecular weight is 441 g/mol. The number of nitro groups is 1. The molecule has 1 N–H and O–H groups in total. The smallest absolute Gasteiger partial charge is 0.291 e. The summed E-state index contributed by atoms with van der Waals surface area (Å²) < 4.78 is 1.27. The van der Waals surface area contributed by atoms with E-state index in [4.69, 9.17) is 11.6 Å². The molecule has 150 valence electrons. The predicted molar refractivity (Wildman–Crippen MR) is 115 cm³/mol. The number of halogens is 1. The number of nitrogens with zero attached hydrogens (tertiary/aromatic N) is 5. The number of azo groups is 1. The maximum Gasteiger partial charge on any atom is 0.301 e. The Labute approximate surface area is 178 Å². The van der Waals surface area contributed by atoms with Gasteiger partial charge in [0, 0.05) is 22.0 Å². The van der Waals surface area contributed by atoms with Crippen molar-refractivity contribution in [3.8, 4) is 16.4 Å². The molecule has 9 nitrogen and oxygen atoms in total. The number of hydrogen-bond acceptors (Lipinski definition) is 7. The molecular formula is C19H13ClN6O3S. The van der Waals surface area contributed by atoms with Gasteiger partial charge >= 0.3 is 5.56 Å². The first-order valence-corrected chi connectivity index (χ1v) is 9.88. The van der Waals surface area contributed by atoms with Crippen molar-refractivity contribution < 1.29 is 4.92 Å². The molecule has 2 heterocycles. The molecule has 11 heteroatoms. The first kappa shape index (κ1) is 19.7. The summed E-state index contributed by atoms with van der Waals surface area (Å²) in [5.74, 6) is 0. The third-order valence-corrected chi connectivity index (χ3v) is 5.28. The largest absolute Gasteiger partial charge is 0.301 e. The maximum atomic E-state index is 12.8. The zero-order valence-corrected chi connectivity index (χ0v) is 17.0. The zero-order chi connectivity index (χ0) is 21.3. The molecule has 0 aliphatic heterocycles. The Morgan fingerprint density at radius 2 is 1.90 bits per heavy atom. The van der Waals surface area contributed by atoms with Crippen LogP contribution in [0, 0.1) is 17.0 Å². The lowest BCUT2D eigenvalue weighted by Crippen LogP contribution is -2.13. The van der Waals surface area contributed by atoms with Gasteiger partial charge < -0.3 is 0 Å². The van der Waals surface area contributed by atoms with E-state index >= 15 is 0 Å². The van der Waals surface area contributed by atoms with Gasteiger partial charge in [-0.15, -0.1) is 21.6 Å². The maximum absolute atomic E-state index is 12.8. The topological polar surface area (TPSA) is 119 Å². The minimum Gasteiger partial charge on any atom is -0.291 e. The van der Waals surface area contributed by atoms with Crippen LogP contribution in [0.3, 0.4) is 0 Å². The number of aromatic nitrogens is 3. The zero-order valence-electron chi connectivity index (χ0n) is 15.4. The third-order valence-electron chi connectivity index (χ3n) is 4.20. The highest BCUT2D eigenvalue weighted by molar-refractivity contribution is 7.12. The van der Waals surface area contributed by atoms with Gasteiger partial charge in [-0.3, -0.25) is 20.0 Å². The van der Waals surface area contributed by atoms with E-state index in [0.29, 0.717) is 21.5 Å².